The van der Waals surface area contributed by atoms with Crippen LogP contribution in [-0.4, -0.2) is 40.1 Å². The molecule has 1 fully saturated rings. The van der Waals surface area contributed by atoms with E-state index in [4.69, 9.17) is 0 Å². The molecular weight excluding hydrogens is 307 g/mol. The van der Waals surface area contributed by atoms with E-state index in [-0.39, 0.29) is 17.6 Å². The van der Waals surface area contributed by atoms with Gasteiger partial charge in [0.25, 0.3) is 5.91 Å². The molecule has 0 aliphatic carbocycles. The van der Waals surface area contributed by atoms with Crippen molar-refractivity contribution in [2.24, 2.45) is 5.92 Å². The number of amides is 1. The molecule has 1 N–H and O–H groups in total. The number of likely N-dealkylation sites (tertiary alicyclic amines) is 1. The molecule has 126 valence electrons. The van der Waals surface area contributed by atoms with Gasteiger partial charge in [0, 0.05) is 37.0 Å². The Labute approximate surface area is 141 Å². The van der Waals surface area contributed by atoms with Crippen LogP contribution in [0.3, 0.4) is 0 Å². The molecule has 0 radical (unpaired) electrons. The molecule has 3 rings (SSSR count). The second-order valence-corrected chi connectivity index (χ2v) is 6.39. The molecule has 2 heterocycles. The van der Waals surface area contributed by atoms with Crippen LogP contribution in [0.2, 0.25) is 0 Å². The molecule has 0 saturated carbocycles. The molecule has 1 amide bonds. The van der Waals surface area contributed by atoms with Gasteiger partial charge in [-0.3, -0.25) is 9.78 Å². The van der Waals surface area contributed by atoms with E-state index in [9.17, 15) is 14.3 Å². The highest BCUT2D eigenvalue weighted by Gasteiger charge is 2.31. The maximum atomic E-state index is 13.0. The van der Waals surface area contributed by atoms with Crippen molar-refractivity contribution < 1.29 is 14.3 Å². The number of hydrogen-bond acceptors (Lipinski definition) is 3. The van der Waals surface area contributed by atoms with E-state index in [1.54, 1.807) is 35.5 Å². The van der Waals surface area contributed by atoms with Crippen LogP contribution >= 0.6 is 0 Å². The Kier molecular flexibility index (Phi) is 4.90. The van der Waals surface area contributed by atoms with E-state index in [1.807, 2.05) is 6.92 Å². The summed E-state index contributed by atoms with van der Waals surface area (Å²) in [5, 5.41) is 10.3. The third-order valence-corrected chi connectivity index (χ3v) is 4.64. The molecule has 24 heavy (non-hydrogen) atoms. The molecule has 0 unspecified atom stereocenters. The highest BCUT2D eigenvalue weighted by Crippen LogP contribution is 2.23. The predicted octanol–water partition coefficient (Wildman–Crippen LogP) is 2.59. The minimum Gasteiger partial charge on any atom is -0.393 e. The van der Waals surface area contributed by atoms with Gasteiger partial charge in [0.1, 0.15) is 5.82 Å². The van der Waals surface area contributed by atoms with Crippen LogP contribution in [0.4, 0.5) is 4.39 Å². The number of piperidine rings is 1. The molecule has 1 saturated heterocycles. The molecule has 0 bridgehead atoms. The highest BCUT2D eigenvalue weighted by atomic mass is 19.1. The van der Waals surface area contributed by atoms with Crippen molar-refractivity contribution in [1.29, 1.82) is 0 Å². The molecule has 1 aliphatic rings. The van der Waals surface area contributed by atoms with Crippen LogP contribution in [0.1, 0.15) is 27.9 Å². The Morgan fingerprint density at radius 1 is 1.33 bits per heavy atom. The zero-order valence-electron chi connectivity index (χ0n) is 13.7. The van der Waals surface area contributed by atoms with Gasteiger partial charge in [0.05, 0.1) is 6.10 Å². The topological polar surface area (TPSA) is 53.4 Å². The summed E-state index contributed by atoms with van der Waals surface area (Å²) >= 11 is 0. The maximum Gasteiger partial charge on any atom is 0.254 e. The number of hydrogen-bond donors (Lipinski definition) is 1. The second kappa shape index (κ2) is 7.09. The lowest BCUT2D eigenvalue weighted by molar-refractivity contribution is 0.0241. The quantitative estimate of drug-likeness (QED) is 0.942. The monoisotopic (exact) mass is 328 g/mol. The zero-order valence-corrected chi connectivity index (χ0v) is 13.7. The van der Waals surface area contributed by atoms with Crippen LogP contribution in [0.25, 0.3) is 0 Å². The fourth-order valence-electron chi connectivity index (χ4n) is 3.21. The van der Waals surface area contributed by atoms with E-state index in [2.05, 4.69) is 4.98 Å². The van der Waals surface area contributed by atoms with Gasteiger partial charge < -0.3 is 10.0 Å². The van der Waals surface area contributed by atoms with Crippen LogP contribution in [0.15, 0.2) is 42.7 Å². The van der Waals surface area contributed by atoms with Crippen LogP contribution in [-0.2, 0) is 6.42 Å². The van der Waals surface area contributed by atoms with Crippen molar-refractivity contribution in [2.45, 2.75) is 25.9 Å². The summed E-state index contributed by atoms with van der Waals surface area (Å²) in [5.41, 5.74) is 2.47. The van der Waals surface area contributed by atoms with Crippen molar-refractivity contribution in [3.8, 4) is 0 Å². The van der Waals surface area contributed by atoms with Crippen LogP contribution < -0.4 is 0 Å². The molecule has 1 aliphatic heterocycles. The molecule has 0 spiro atoms. The summed E-state index contributed by atoms with van der Waals surface area (Å²) in [6, 6.07) is 8.05. The first-order chi connectivity index (χ1) is 11.5. The third-order valence-electron chi connectivity index (χ3n) is 4.64. The van der Waals surface area contributed by atoms with E-state index >= 15 is 0 Å². The second-order valence-electron chi connectivity index (χ2n) is 6.39. The van der Waals surface area contributed by atoms with Gasteiger partial charge >= 0.3 is 0 Å². The summed E-state index contributed by atoms with van der Waals surface area (Å²) in [7, 11) is 0. The van der Waals surface area contributed by atoms with Crippen molar-refractivity contribution in [1.82, 2.24) is 9.88 Å². The number of aryl methyl sites for hydroxylation is 1. The Hall–Kier alpha value is -2.27. The maximum absolute atomic E-state index is 13.0. The minimum absolute atomic E-state index is 0.0223. The number of carbonyl (C=O) groups excluding carboxylic acids is 1. The number of carbonyl (C=O) groups is 1. The van der Waals surface area contributed by atoms with Gasteiger partial charge in [-0.25, -0.2) is 4.39 Å². The lowest BCUT2D eigenvalue weighted by atomic mass is 9.88. The van der Waals surface area contributed by atoms with Crippen molar-refractivity contribution >= 4 is 5.91 Å². The molecule has 2 aromatic rings. The Morgan fingerprint density at radius 3 is 2.79 bits per heavy atom. The summed E-state index contributed by atoms with van der Waals surface area (Å²) in [4.78, 5) is 18.6. The third kappa shape index (κ3) is 3.62. The van der Waals surface area contributed by atoms with Crippen molar-refractivity contribution in [3.63, 3.8) is 0 Å². The number of benzene rings is 1. The van der Waals surface area contributed by atoms with E-state index < -0.39 is 6.10 Å². The van der Waals surface area contributed by atoms with Crippen molar-refractivity contribution in [3.05, 3.63) is 65.2 Å². The van der Waals surface area contributed by atoms with Gasteiger partial charge in [0.2, 0.25) is 0 Å². The fraction of sp³-hybridized carbons (Fsp3) is 0.368. The summed E-state index contributed by atoms with van der Waals surface area (Å²) in [5.74, 6) is -0.339. The number of rotatable bonds is 3. The number of aliphatic hydroxyl groups is 1. The minimum atomic E-state index is -0.447. The Morgan fingerprint density at radius 2 is 2.08 bits per heavy atom. The van der Waals surface area contributed by atoms with E-state index in [1.165, 1.54) is 12.1 Å². The molecule has 1 aromatic heterocycles. The van der Waals surface area contributed by atoms with Gasteiger partial charge in [-0.1, -0.05) is 12.1 Å². The first-order valence-electron chi connectivity index (χ1n) is 8.17. The van der Waals surface area contributed by atoms with E-state index in [0.717, 1.165) is 11.1 Å². The number of nitrogens with zero attached hydrogens (tertiary/aromatic N) is 2. The summed E-state index contributed by atoms with van der Waals surface area (Å²) < 4.78 is 13.0. The summed E-state index contributed by atoms with van der Waals surface area (Å²) in [6.45, 7) is 2.91. The molecule has 2 atom stereocenters. The van der Waals surface area contributed by atoms with Crippen LogP contribution in [0, 0.1) is 18.7 Å². The lowest BCUT2D eigenvalue weighted by Crippen LogP contribution is -2.46. The lowest BCUT2D eigenvalue weighted by Gasteiger charge is -2.36. The van der Waals surface area contributed by atoms with Crippen LogP contribution in [0.5, 0.6) is 0 Å². The van der Waals surface area contributed by atoms with Gasteiger partial charge in [-0.15, -0.1) is 0 Å². The van der Waals surface area contributed by atoms with E-state index in [0.29, 0.717) is 31.5 Å². The Balaban J connectivity index is 1.72. The summed E-state index contributed by atoms with van der Waals surface area (Å²) in [6.07, 6.45) is 4.04. The SMILES string of the molecule is Cc1cnccc1C(=O)N1CC[C@H](O)[C@H](Cc2ccc(F)cc2)C1. The molecular formula is C19H21FN2O2. The smallest absolute Gasteiger partial charge is 0.254 e. The largest absolute Gasteiger partial charge is 0.393 e. The number of aliphatic hydroxyl groups excluding tert-OH is 1. The molecule has 4 nitrogen and oxygen atoms in total. The van der Waals surface area contributed by atoms with Crippen molar-refractivity contribution in [2.75, 3.05) is 13.1 Å². The standard InChI is InChI=1S/C19H21FN2O2/c1-13-11-21-8-6-17(13)19(24)22-9-7-18(23)15(12-22)10-14-2-4-16(20)5-3-14/h2-6,8,11,15,18,23H,7,9-10,12H2,1H3/t15-,18+/m1/s1. The first kappa shape index (κ1) is 16.6. The number of aromatic nitrogens is 1. The van der Waals surface area contributed by atoms with Gasteiger partial charge in [-0.2, -0.15) is 0 Å². The fourth-order valence-corrected chi connectivity index (χ4v) is 3.21. The first-order valence-corrected chi connectivity index (χ1v) is 8.17. The Bertz CT molecular complexity index is 718. The average molecular weight is 328 g/mol. The van der Waals surface area contributed by atoms with Gasteiger partial charge in [0.15, 0.2) is 0 Å². The molecule has 1 aromatic carbocycles. The molecule has 5 heteroatoms. The number of halogens is 1. The average Bonchev–Trinajstić information content (AvgIpc) is 2.59. The normalized spacial score (nSPS) is 20.9. The highest BCUT2D eigenvalue weighted by molar-refractivity contribution is 5.95. The zero-order chi connectivity index (χ0) is 17.1. The van der Waals surface area contributed by atoms with Gasteiger partial charge in [-0.05, 0) is 49.1 Å². The number of pyridine rings is 1. The predicted molar refractivity (Wildman–Crippen MR) is 89.1 cm³/mol.